The van der Waals surface area contributed by atoms with Gasteiger partial charge in [-0.05, 0) is 67.4 Å². The fourth-order valence-electron chi connectivity index (χ4n) is 6.31. The van der Waals surface area contributed by atoms with Crippen molar-refractivity contribution in [1.82, 2.24) is 14.1 Å². The highest BCUT2D eigenvalue weighted by molar-refractivity contribution is 6.11. The highest BCUT2D eigenvalue weighted by atomic mass is 15.1. The Hall–Kier alpha value is -4.63. The Kier molecular flexibility index (Phi) is 4.00. The molecule has 3 heterocycles. The van der Waals surface area contributed by atoms with E-state index in [2.05, 4.69) is 138 Å². The molecular formula is C34H25N3. The summed E-state index contributed by atoms with van der Waals surface area (Å²) in [5.74, 6) is 1.11. The van der Waals surface area contributed by atoms with Crippen molar-refractivity contribution < 1.29 is 0 Å². The predicted molar refractivity (Wildman–Crippen MR) is 153 cm³/mol. The lowest BCUT2D eigenvalue weighted by molar-refractivity contribution is 0.621. The van der Waals surface area contributed by atoms with Crippen LogP contribution in [0.15, 0.2) is 115 Å². The maximum Gasteiger partial charge on any atom is 0.124 e. The first-order valence-corrected chi connectivity index (χ1v) is 12.8. The predicted octanol–water partition coefficient (Wildman–Crippen LogP) is 8.43. The normalized spacial score (nSPS) is 13.9. The summed E-state index contributed by atoms with van der Waals surface area (Å²) < 4.78 is 4.72. The third-order valence-corrected chi connectivity index (χ3v) is 8.06. The molecule has 0 atom stereocenters. The average Bonchev–Trinajstić information content (AvgIpc) is 3.56. The number of hydrogen-bond acceptors (Lipinski definition) is 1. The van der Waals surface area contributed by atoms with Crippen LogP contribution in [0.4, 0.5) is 0 Å². The van der Waals surface area contributed by atoms with E-state index in [4.69, 9.17) is 4.98 Å². The van der Waals surface area contributed by atoms with Gasteiger partial charge >= 0.3 is 0 Å². The van der Waals surface area contributed by atoms with Gasteiger partial charge in [0.25, 0.3) is 0 Å². The van der Waals surface area contributed by atoms with Crippen molar-refractivity contribution in [3.8, 4) is 22.5 Å². The zero-order chi connectivity index (χ0) is 24.7. The highest BCUT2D eigenvalue weighted by Gasteiger charge is 2.38. The Bertz CT molecular complexity index is 2000. The molecule has 8 rings (SSSR count). The van der Waals surface area contributed by atoms with Crippen molar-refractivity contribution in [2.75, 3.05) is 0 Å². The van der Waals surface area contributed by atoms with Gasteiger partial charge in [0.1, 0.15) is 5.82 Å². The van der Waals surface area contributed by atoms with Crippen molar-refractivity contribution in [3.05, 3.63) is 127 Å². The number of hydrogen-bond donors (Lipinski definition) is 0. The van der Waals surface area contributed by atoms with E-state index in [1.165, 1.54) is 49.9 Å². The molecule has 0 fully saturated rings. The van der Waals surface area contributed by atoms with Crippen molar-refractivity contribution in [2.24, 2.45) is 0 Å². The highest BCUT2D eigenvalue weighted by Crippen LogP contribution is 2.45. The minimum absolute atomic E-state index is 0.139. The number of nitrogens with zero attached hydrogens (tertiary/aromatic N) is 3. The number of aromatic nitrogens is 3. The van der Waals surface area contributed by atoms with Gasteiger partial charge in [-0.3, -0.25) is 4.57 Å². The fourth-order valence-corrected chi connectivity index (χ4v) is 6.31. The summed E-state index contributed by atoms with van der Waals surface area (Å²) in [4.78, 5) is 5.29. The first-order valence-electron chi connectivity index (χ1n) is 12.8. The van der Waals surface area contributed by atoms with Crippen LogP contribution in [0.1, 0.15) is 25.2 Å². The van der Waals surface area contributed by atoms with E-state index in [1.807, 2.05) is 0 Å². The molecule has 0 unspecified atom stereocenters. The molecule has 0 saturated carbocycles. The van der Waals surface area contributed by atoms with Crippen LogP contribution < -0.4 is 0 Å². The number of rotatable bonds is 2. The zero-order valence-electron chi connectivity index (χ0n) is 20.8. The largest absolute Gasteiger partial charge is 0.309 e. The average molecular weight is 476 g/mol. The van der Waals surface area contributed by atoms with Gasteiger partial charge in [-0.15, -0.1) is 0 Å². The van der Waals surface area contributed by atoms with Crippen molar-refractivity contribution >= 4 is 32.8 Å². The van der Waals surface area contributed by atoms with E-state index < -0.39 is 0 Å². The van der Waals surface area contributed by atoms with E-state index >= 15 is 0 Å². The van der Waals surface area contributed by atoms with Gasteiger partial charge in [0.2, 0.25) is 0 Å². The first kappa shape index (κ1) is 20.6. The molecule has 0 aliphatic carbocycles. The molecule has 2 aromatic heterocycles. The molecule has 0 radical (unpaired) electrons. The van der Waals surface area contributed by atoms with Gasteiger partial charge in [-0.2, -0.15) is 0 Å². The van der Waals surface area contributed by atoms with Crippen LogP contribution in [-0.2, 0) is 5.41 Å². The molecule has 1 aliphatic rings. The van der Waals surface area contributed by atoms with Crippen LogP contribution in [0.2, 0.25) is 0 Å². The van der Waals surface area contributed by atoms with Gasteiger partial charge in [0.15, 0.2) is 0 Å². The first-order chi connectivity index (χ1) is 18.1. The molecule has 0 bridgehead atoms. The molecule has 3 nitrogen and oxygen atoms in total. The third kappa shape index (κ3) is 2.69. The zero-order valence-corrected chi connectivity index (χ0v) is 20.8. The van der Waals surface area contributed by atoms with Crippen LogP contribution in [0.5, 0.6) is 0 Å². The topological polar surface area (TPSA) is 22.8 Å². The second-order valence-corrected chi connectivity index (χ2v) is 10.5. The summed E-state index contributed by atoms with van der Waals surface area (Å²) in [7, 11) is 0. The van der Waals surface area contributed by atoms with E-state index in [0.717, 1.165) is 16.9 Å². The monoisotopic (exact) mass is 475 g/mol. The summed E-state index contributed by atoms with van der Waals surface area (Å²) in [5, 5.41) is 2.52. The van der Waals surface area contributed by atoms with Crippen LogP contribution in [0.25, 0.3) is 55.3 Å². The summed E-state index contributed by atoms with van der Waals surface area (Å²) in [6.45, 7) is 4.56. The Labute approximate surface area is 215 Å². The molecule has 0 saturated heterocycles. The number of imidazole rings is 1. The smallest absolute Gasteiger partial charge is 0.124 e. The number of para-hydroxylation sites is 4. The van der Waals surface area contributed by atoms with Crippen LogP contribution in [0.3, 0.4) is 0 Å². The summed E-state index contributed by atoms with van der Waals surface area (Å²) in [6, 6.07) is 41.4. The minimum atomic E-state index is -0.139. The standard InChI is InChI=1S/C34H25N3/c1-34(2)27-15-7-9-17-30(27)37-31-18-10-14-24(32(31)35-33(34)37)22-19-20-29-26(21-22)25-13-6-8-16-28(25)36(29)23-11-4-3-5-12-23/h3-21H,1-2H3. The quantitative estimate of drug-likeness (QED) is 0.246. The van der Waals surface area contributed by atoms with Crippen LogP contribution >= 0.6 is 0 Å². The molecule has 176 valence electrons. The van der Waals surface area contributed by atoms with E-state index in [0.29, 0.717) is 0 Å². The lowest BCUT2D eigenvalue weighted by Gasteiger charge is -2.17. The maximum absolute atomic E-state index is 5.29. The molecule has 1 aliphatic heterocycles. The van der Waals surface area contributed by atoms with Gasteiger partial charge in [-0.25, -0.2) is 4.98 Å². The Morgan fingerprint density at radius 1 is 0.595 bits per heavy atom. The van der Waals surface area contributed by atoms with Gasteiger partial charge in [0.05, 0.1) is 33.2 Å². The number of benzene rings is 5. The van der Waals surface area contributed by atoms with Crippen molar-refractivity contribution in [3.63, 3.8) is 0 Å². The second kappa shape index (κ2) is 7.21. The summed E-state index contributed by atoms with van der Waals surface area (Å²) in [5.41, 5.74) is 10.6. The lowest BCUT2D eigenvalue weighted by Crippen LogP contribution is -2.16. The molecule has 3 heteroatoms. The molecule has 7 aromatic rings. The Balaban J connectivity index is 1.39. The van der Waals surface area contributed by atoms with Gasteiger partial charge in [-0.1, -0.05) is 72.8 Å². The van der Waals surface area contributed by atoms with E-state index in [-0.39, 0.29) is 5.41 Å². The SMILES string of the molecule is CC1(C)c2ccccc2-n2c1nc1c(-c3ccc4c(c3)c3ccccc3n4-c3ccccc3)cccc12. The van der Waals surface area contributed by atoms with Gasteiger partial charge in [0, 0.05) is 22.0 Å². The Morgan fingerprint density at radius 2 is 1.32 bits per heavy atom. The molecule has 0 amide bonds. The molecule has 37 heavy (non-hydrogen) atoms. The number of fused-ring (bicyclic) bond motifs is 8. The molecule has 5 aromatic carbocycles. The van der Waals surface area contributed by atoms with Crippen molar-refractivity contribution in [2.45, 2.75) is 19.3 Å². The molecular weight excluding hydrogens is 450 g/mol. The summed E-state index contributed by atoms with van der Waals surface area (Å²) >= 11 is 0. The van der Waals surface area contributed by atoms with Gasteiger partial charge < -0.3 is 4.57 Å². The van der Waals surface area contributed by atoms with E-state index in [1.54, 1.807) is 0 Å². The van der Waals surface area contributed by atoms with Crippen LogP contribution in [-0.4, -0.2) is 14.1 Å². The second-order valence-electron chi connectivity index (χ2n) is 10.5. The third-order valence-electron chi connectivity index (χ3n) is 8.06. The van der Waals surface area contributed by atoms with E-state index in [9.17, 15) is 0 Å². The summed E-state index contributed by atoms with van der Waals surface area (Å²) in [6.07, 6.45) is 0. The molecule has 0 N–H and O–H groups in total. The van der Waals surface area contributed by atoms with Crippen LogP contribution in [0, 0.1) is 0 Å². The minimum Gasteiger partial charge on any atom is -0.309 e. The molecule has 0 spiro atoms. The lowest BCUT2D eigenvalue weighted by atomic mass is 9.85. The van der Waals surface area contributed by atoms with Crippen molar-refractivity contribution in [1.29, 1.82) is 0 Å². The fraction of sp³-hybridized carbons (Fsp3) is 0.0882. The maximum atomic E-state index is 5.29. The Morgan fingerprint density at radius 3 is 2.22 bits per heavy atom.